The van der Waals surface area contributed by atoms with E-state index in [1.54, 1.807) is 12.1 Å². The summed E-state index contributed by atoms with van der Waals surface area (Å²) in [5.74, 6) is 0.179. The van der Waals surface area contributed by atoms with E-state index >= 15 is 0 Å². The second-order valence-corrected chi connectivity index (χ2v) is 4.51. The number of rotatable bonds is 5. The molecule has 1 rings (SSSR count). The van der Waals surface area contributed by atoms with Crippen LogP contribution in [0.25, 0.3) is 0 Å². The molecule has 0 aliphatic heterocycles. The first kappa shape index (κ1) is 13.0. The first-order valence-electron chi connectivity index (χ1n) is 5.17. The molecule has 0 saturated heterocycles. The van der Waals surface area contributed by atoms with Crippen LogP contribution in [0.1, 0.15) is 23.8 Å². The summed E-state index contributed by atoms with van der Waals surface area (Å²) in [5, 5.41) is 3.70. The van der Waals surface area contributed by atoms with E-state index in [-0.39, 0.29) is 11.5 Å². The zero-order valence-electron chi connectivity index (χ0n) is 9.13. The van der Waals surface area contributed by atoms with E-state index in [0.717, 1.165) is 11.8 Å². The Hall–Kier alpha value is -1.10. The first-order chi connectivity index (χ1) is 7.63. The van der Waals surface area contributed by atoms with E-state index in [1.165, 1.54) is 6.07 Å². The number of alkyl halides is 1. The molecule has 0 spiro atoms. The van der Waals surface area contributed by atoms with Crippen LogP contribution in [0.5, 0.6) is 0 Å². The van der Waals surface area contributed by atoms with Crippen molar-refractivity contribution in [2.75, 3.05) is 11.9 Å². The van der Waals surface area contributed by atoms with Gasteiger partial charge in [0.05, 0.1) is 0 Å². The monoisotopic (exact) mass is 286 g/mol. The smallest absolute Gasteiger partial charge is 0.267 e. The Balaban J connectivity index is 2.50. The number of H-pyrrole nitrogens is 1. The van der Waals surface area contributed by atoms with Gasteiger partial charge in [-0.3, -0.25) is 9.59 Å². The first-order valence-corrected chi connectivity index (χ1v) is 6.29. The van der Waals surface area contributed by atoms with Gasteiger partial charge in [0, 0.05) is 17.9 Å². The Morgan fingerprint density at radius 2 is 2.31 bits per heavy atom. The number of carbonyl (C=O) groups excluding carboxylic acids is 1. The maximum atomic E-state index is 11.6. The third-order valence-corrected chi connectivity index (χ3v) is 2.68. The van der Waals surface area contributed by atoms with Crippen LogP contribution in [-0.4, -0.2) is 22.8 Å². The highest BCUT2D eigenvalue weighted by atomic mass is 79.9. The molecule has 0 aliphatic carbocycles. The molecule has 2 N–H and O–H groups in total. The van der Waals surface area contributed by atoms with Crippen LogP contribution in [0.4, 0.5) is 0 Å². The average Bonchev–Trinajstić information content (AvgIpc) is 2.26. The summed E-state index contributed by atoms with van der Waals surface area (Å²) in [5.41, 5.74) is 0.0414. The van der Waals surface area contributed by atoms with Gasteiger partial charge in [-0.05, 0) is 18.4 Å². The van der Waals surface area contributed by atoms with Crippen molar-refractivity contribution in [2.24, 2.45) is 5.92 Å². The molecule has 0 bridgehead atoms. The van der Waals surface area contributed by atoms with Crippen LogP contribution >= 0.6 is 15.9 Å². The molecule has 1 atom stereocenters. The Morgan fingerprint density at radius 1 is 1.56 bits per heavy atom. The average molecular weight is 287 g/mol. The summed E-state index contributed by atoms with van der Waals surface area (Å²) in [6, 6.07) is 4.53. The number of hydrogen-bond acceptors (Lipinski definition) is 2. The fraction of sp³-hybridized carbons (Fsp3) is 0.455. The van der Waals surface area contributed by atoms with Gasteiger partial charge in [-0.15, -0.1) is 0 Å². The maximum Gasteiger partial charge on any atom is 0.267 e. The second kappa shape index (κ2) is 6.48. The van der Waals surface area contributed by atoms with Gasteiger partial charge >= 0.3 is 0 Å². The van der Waals surface area contributed by atoms with Crippen LogP contribution in [0.3, 0.4) is 0 Å². The number of amides is 1. The summed E-state index contributed by atoms with van der Waals surface area (Å²) >= 11 is 3.35. The topological polar surface area (TPSA) is 62.0 Å². The van der Waals surface area contributed by atoms with Gasteiger partial charge < -0.3 is 10.3 Å². The molecule has 1 aromatic rings. The lowest BCUT2D eigenvalue weighted by atomic mass is 10.1. The van der Waals surface area contributed by atoms with Crippen molar-refractivity contribution >= 4 is 21.8 Å². The fourth-order valence-electron chi connectivity index (χ4n) is 1.23. The maximum absolute atomic E-state index is 11.6. The lowest BCUT2D eigenvalue weighted by Gasteiger charge is -2.10. The van der Waals surface area contributed by atoms with Crippen LogP contribution in [0.15, 0.2) is 23.0 Å². The largest absolute Gasteiger partial charge is 0.351 e. The molecule has 0 saturated carbocycles. The molecule has 1 aromatic heterocycles. The summed E-state index contributed by atoms with van der Waals surface area (Å²) in [6.07, 6.45) is 1.01. The van der Waals surface area contributed by atoms with Crippen molar-refractivity contribution < 1.29 is 4.79 Å². The molecule has 1 heterocycles. The molecule has 0 aliphatic rings. The van der Waals surface area contributed by atoms with Crippen molar-refractivity contribution in [3.63, 3.8) is 0 Å². The quantitative estimate of drug-likeness (QED) is 0.807. The van der Waals surface area contributed by atoms with Crippen LogP contribution in [0.2, 0.25) is 0 Å². The zero-order valence-corrected chi connectivity index (χ0v) is 10.7. The molecule has 0 fully saturated rings. The fourth-order valence-corrected chi connectivity index (χ4v) is 2.01. The van der Waals surface area contributed by atoms with Crippen LogP contribution in [-0.2, 0) is 0 Å². The van der Waals surface area contributed by atoms with Gasteiger partial charge in [0.25, 0.3) is 5.91 Å². The summed E-state index contributed by atoms with van der Waals surface area (Å²) in [7, 11) is 0. The van der Waals surface area contributed by atoms with Gasteiger partial charge in [0.15, 0.2) is 0 Å². The van der Waals surface area contributed by atoms with E-state index < -0.39 is 0 Å². The predicted molar refractivity (Wildman–Crippen MR) is 67.0 cm³/mol. The van der Waals surface area contributed by atoms with E-state index in [0.29, 0.717) is 18.2 Å². The number of pyridine rings is 1. The van der Waals surface area contributed by atoms with Crippen LogP contribution < -0.4 is 10.9 Å². The number of hydrogen-bond donors (Lipinski definition) is 2. The number of nitrogens with one attached hydrogen (secondary N) is 2. The standard InChI is InChI=1S/C11H15BrN2O2/c1-8(5-6-12)7-13-11(16)9-3-2-4-10(15)14-9/h2-4,8H,5-7H2,1H3,(H,13,16)(H,14,15). The molecule has 88 valence electrons. The molecular weight excluding hydrogens is 272 g/mol. The summed E-state index contributed by atoms with van der Waals surface area (Å²) in [6.45, 7) is 2.68. The molecule has 4 nitrogen and oxygen atoms in total. The molecular formula is C11H15BrN2O2. The van der Waals surface area contributed by atoms with Gasteiger partial charge in [-0.2, -0.15) is 0 Å². The van der Waals surface area contributed by atoms with Crippen molar-refractivity contribution in [1.82, 2.24) is 10.3 Å². The van der Waals surface area contributed by atoms with Crippen LogP contribution in [0, 0.1) is 5.92 Å². The number of aromatic amines is 1. The highest BCUT2D eigenvalue weighted by Crippen LogP contribution is 2.02. The molecule has 5 heteroatoms. The Bertz CT molecular complexity index is 403. The molecule has 0 radical (unpaired) electrons. The van der Waals surface area contributed by atoms with Crippen molar-refractivity contribution in [3.8, 4) is 0 Å². The lowest BCUT2D eigenvalue weighted by molar-refractivity contribution is 0.0942. The third-order valence-electron chi connectivity index (χ3n) is 2.23. The number of carbonyl (C=O) groups is 1. The summed E-state index contributed by atoms with van der Waals surface area (Å²) < 4.78 is 0. The minimum absolute atomic E-state index is 0.237. The molecule has 1 amide bonds. The number of aromatic nitrogens is 1. The van der Waals surface area contributed by atoms with E-state index in [2.05, 4.69) is 33.2 Å². The highest BCUT2D eigenvalue weighted by Gasteiger charge is 2.07. The minimum Gasteiger partial charge on any atom is -0.351 e. The second-order valence-electron chi connectivity index (χ2n) is 3.72. The predicted octanol–water partition coefficient (Wildman–Crippen LogP) is 1.53. The molecule has 1 unspecified atom stereocenters. The van der Waals surface area contributed by atoms with Gasteiger partial charge in [-0.1, -0.05) is 28.9 Å². The molecule has 16 heavy (non-hydrogen) atoms. The van der Waals surface area contributed by atoms with E-state index in [1.807, 2.05) is 0 Å². The van der Waals surface area contributed by atoms with Gasteiger partial charge in [-0.25, -0.2) is 0 Å². The van der Waals surface area contributed by atoms with Crippen molar-refractivity contribution in [3.05, 3.63) is 34.2 Å². The SMILES string of the molecule is CC(CCBr)CNC(=O)c1cccc(=O)[nH]1. The van der Waals surface area contributed by atoms with E-state index in [4.69, 9.17) is 0 Å². The van der Waals surface area contributed by atoms with Gasteiger partial charge in [0.2, 0.25) is 5.56 Å². The Labute approximate surface area is 103 Å². The Morgan fingerprint density at radius 3 is 2.94 bits per heavy atom. The Kier molecular flexibility index (Phi) is 5.25. The minimum atomic E-state index is -0.263. The van der Waals surface area contributed by atoms with E-state index in [9.17, 15) is 9.59 Å². The lowest BCUT2D eigenvalue weighted by Crippen LogP contribution is -2.30. The van der Waals surface area contributed by atoms with Gasteiger partial charge in [0.1, 0.15) is 5.69 Å². The molecule has 0 aromatic carbocycles. The van der Waals surface area contributed by atoms with Crippen molar-refractivity contribution in [1.29, 1.82) is 0 Å². The summed E-state index contributed by atoms with van der Waals surface area (Å²) in [4.78, 5) is 25.1. The highest BCUT2D eigenvalue weighted by molar-refractivity contribution is 9.09. The zero-order chi connectivity index (χ0) is 12.0. The third kappa shape index (κ3) is 4.18. The normalized spacial score (nSPS) is 12.1. The van der Waals surface area contributed by atoms with Crippen molar-refractivity contribution in [2.45, 2.75) is 13.3 Å². The number of halogens is 1.